The lowest BCUT2D eigenvalue weighted by atomic mass is 9.87. The van der Waals surface area contributed by atoms with Crippen LogP contribution in [0.4, 0.5) is 8.78 Å². The van der Waals surface area contributed by atoms with Crippen molar-refractivity contribution in [2.75, 3.05) is 19.6 Å². The van der Waals surface area contributed by atoms with Crippen molar-refractivity contribution in [3.63, 3.8) is 0 Å². The van der Waals surface area contributed by atoms with Gasteiger partial charge in [0.15, 0.2) is 0 Å². The maximum atomic E-state index is 13.9. The van der Waals surface area contributed by atoms with Crippen molar-refractivity contribution >= 4 is 0 Å². The number of likely N-dealkylation sites (tertiary alicyclic amines) is 1. The molecule has 1 fully saturated rings. The zero-order valence-electron chi connectivity index (χ0n) is 13.3. The molecule has 1 atom stereocenters. The lowest BCUT2D eigenvalue weighted by Crippen LogP contribution is -2.57. The first-order valence-corrected chi connectivity index (χ1v) is 7.87. The number of nitrogens with one attached hydrogen (secondary N) is 1. The molecule has 0 spiro atoms. The summed E-state index contributed by atoms with van der Waals surface area (Å²) in [6.07, 6.45) is 3.03. The lowest BCUT2D eigenvalue weighted by molar-refractivity contribution is 0.107. The van der Waals surface area contributed by atoms with Gasteiger partial charge < -0.3 is 5.32 Å². The third-order valence-corrected chi connectivity index (χ3v) is 4.66. The summed E-state index contributed by atoms with van der Waals surface area (Å²) in [6, 6.07) is 4.01. The van der Waals surface area contributed by atoms with Crippen LogP contribution in [0.15, 0.2) is 18.2 Å². The SMILES string of the molecule is CCNC(Cc1ccc(F)cc1F)C(C)(C)N1CCCC1. The van der Waals surface area contributed by atoms with Crippen LogP contribution in [-0.2, 0) is 6.42 Å². The lowest BCUT2D eigenvalue weighted by Gasteiger charge is -2.42. The Labute approximate surface area is 126 Å². The molecular formula is C17H26F2N2. The summed E-state index contributed by atoms with van der Waals surface area (Å²) < 4.78 is 27.0. The zero-order valence-corrected chi connectivity index (χ0v) is 13.3. The Kier molecular flexibility index (Phi) is 5.33. The molecule has 21 heavy (non-hydrogen) atoms. The normalized spacial score (nSPS) is 18.1. The molecule has 0 aromatic heterocycles. The minimum absolute atomic E-state index is 0.0483. The largest absolute Gasteiger partial charge is 0.312 e. The van der Waals surface area contributed by atoms with Gasteiger partial charge in [-0.3, -0.25) is 4.90 Å². The van der Waals surface area contributed by atoms with E-state index in [4.69, 9.17) is 0 Å². The second kappa shape index (κ2) is 6.84. The van der Waals surface area contributed by atoms with E-state index in [0.717, 1.165) is 25.7 Å². The van der Waals surface area contributed by atoms with Gasteiger partial charge in [-0.25, -0.2) is 8.78 Å². The third kappa shape index (κ3) is 3.80. The van der Waals surface area contributed by atoms with Gasteiger partial charge >= 0.3 is 0 Å². The maximum Gasteiger partial charge on any atom is 0.129 e. The highest BCUT2D eigenvalue weighted by Crippen LogP contribution is 2.27. The molecule has 0 radical (unpaired) electrons. The Morgan fingerprint density at radius 3 is 2.48 bits per heavy atom. The molecule has 1 unspecified atom stereocenters. The van der Waals surface area contributed by atoms with E-state index in [2.05, 4.69) is 31.0 Å². The van der Waals surface area contributed by atoms with Gasteiger partial charge in [-0.15, -0.1) is 0 Å². The quantitative estimate of drug-likeness (QED) is 0.866. The van der Waals surface area contributed by atoms with Crippen molar-refractivity contribution in [1.29, 1.82) is 0 Å². The Morgan fingerprint density at radius 2 is 1.90 bits per heavy atom. The number of nitrogens with zero attached hydrogens (tertiary/aromatic N) is 1. The number of rotatable bonds is 6. The molecule has 1 aliphatic rings. The van der Waals surface area contributed by atoms with E-state index in [0.29, 0.717) is 12.0 Å². The first kappa shape index (κ1) is 16.4. The summed E-state index contributed by atoms with van der Waals surface area (Å²) in [5.74, 6) is -0.967. The average Bonchev–Trinajstić information content (AvgIpc) is 2.95. The summed E-state index contributed by atoms with van der Waals surface area (Å²) in [5.41, 5.74) is 0.530. The van der Waals surface area contributed by atoms with Crippen molar-refractivity contribution in [2.45, 2.75) is 51.6 Å². The Morgan fingerprint density at radius 1 is 1.24 bits per heavy atom. The molecule has 1 saturated heterocycles. The molecule has 2 rings (SSSR count). The van der Waals surface area contributed by atoms with Crippen LogP contribution in [0.25, 0.3) is 0 Å². The summed E-state index contributed by atoms with van der Waals surface area (Å²) >= 11 is 0. The number of likely N-dealkylation sites (N-methyl/N-ethyl adjacent to an activating group) is 1. The summed E-state index contributed by atoms with van der Waals surface area (Å²) in [7, 11) is 0. The van der Waals surface area contributed by atoms with Crippen molar-refractivity contribution < 1.29 is 8.78 Å². The van der Waals surface area contributed by atoms with Crippen LogP contribution in [0.1, 0.15) is 39.2 Å². The van der Waals surface area contributed by atoms with Crippen LogP contribution in [0.2, 0.25) is 0 Å². The van der Waals surface area contributed by atoms with Crippen LogP contribution in [0.3, 0.4) is 0 Å². The first-order valence-electron chi connectivity index (χ1n) is 7.87. The second-order valence-electron chi connectivity index (χ2n) is 6.40. The second-order valence-corrected chi connectivity index (χ2v) is 6.40. The van der Waals surface area contributed by atoms with Crippen molar-refractivity contribution in [1.82, 2.24) is 10.2 Å². The molecule has 0 bridgehead atoms. The molecule has 4 heteroatoms. The zero-order chi connectivity index (χ0) is 15.5. The Hall–Kier alpha value is -1.00. The first-order chi connectivity index (χ1) is 9.95. The highest BCUT2D eigenvalue weighted by molar-refractivity contribution is 5.21. The molecular weight excluding hydrogens is 270 g/mol. The summed E-state index contributed by atoms with van der Waals surface area (Å²) in [5, 5.41) is 3.49. The van der Waals surface area contributed by atoms with Crippen LogP contribution in [0, 0.1) is 11.6 Å². The van der Waals surface area contributed by atoms with Gasteiger partial charge in [-0.1, -0.05) is 13.0 Å². The van der Waals surface area contributed by atoms with Gasteiger partial charge in [0.2, 0.25) is 0 Å². The maximum absolute atomic E-state index is 13.9. The fourth-order valence-corrected chi connectivity index (χ4v) is 3.24. The van der Waals surface area contributed by atoms with Gasteiger partial charge in [0.1, 0.15) is 11.6 Å². The highest BCUT2D eigenvalue weighted by atomic mass is 19.1. The molecule has 2 nitrogen and oxygen atoms in total. The number of halogens is 2. The van der Waals surface area contributed by atoms with E-state index in [1.807, 2.05) is 0 Å². The molecule has 0 saturated carbocycles. The fourth-order valence-electron chi connectivity index (χ4n) is 3.24. The standard InChI is InChI=1S/C17H26F2N2/c1-4-20-16(17(2,3)21-9-5-6-10-21)11-13-7-8-14(18)12-15(13)19/h7-8,12,16,20H,4-6,9-11H2,1-3H3. The van der Waals surface area contributed by atoms with Crippen LogP contribution < -0.4 is 5.32 Å². The van der Waals surface area contributed by atoms with Gasteiger partial charge in [0, 0.05) is 17.6 Å². The predicted molar refractivity (Wildman–Crippen MR) is 82.4 cm³/mol. The average molecular weight is 296 g/mol. The summed E-state index contributed by atoms with van der Waals surface area (Å²) in [6.45, 7) is 9.53. The molecule has 118 valence electrons. The Balaban J connectivity index is 2.17. The van der Waals surface area contributed by atoms with E-state index in [-0.39, 0.29) is 11.6 Å². The van der Waals surface area contributed by atoms with Gasteiger partial charge in [-0.05, 0) is 64.4 Å². The van der Waals surface area contributed by atoms with Crippen LogP contribution >= 0.6 is 0 Å². The van der Waals surface area contributed by atoms with Crippen molar-refractivity contribution in [2.24, 2.45) is 0 Å². The van der Waals surface area contributed by atoms with Crippen LogP contribution in [0.5, 0.6) is 0 Å². The number of hydrogen-bond donors (Lipinski definition) is 1. The molecule has 1 N–H and O–H groups in total. The van der Waals surface area contributed by atoms with Gasteiger partial charge in [0.25, 0.3) is 0 Å². The van der Waals surface area contributed by atoms with E-state index >= 15 is 0 Å². The highest BCUT2D eigenvalue weighted by Gasteiger charge is 2.36. The monoisotopic (exact) mass is 296 g/mol. The molecule has 1 aromatic rings. The van der Waals surface area contributed by atoms with Crippen LogP contribution in [-0.4, -0.2) is 36.1 Å². The molecule has 0 aliphatic carbocycles. The number of hydrogen-bond acceptors (Lipinski definition) is 2. The minimum atomic E-state index is -0.518. The van der Waals surface area contributed by atoms with Gasteiger partial charge in [0.05, 0.1) is 0 Å². The van der Waals surface area contributed by atoms with E-state index in [9.17, 15) is 8.78 Å². The number of benzene rings is 1. The Bertz CT molecular complexity index is 468. The molecule has 1 aliphatic heterocycles. The van der Waals surface area contributed by atoms with E-state index in [1.54, 1.807) is 6.07 Å². The van der Waals surface area contributed by atoms with Crippen molar-refractivity contribution in [3.05, 3.63) is 35.4 Å². The minimum Gasteiger partial charge on any atom is -0.312 e. The fraction of sp³-hybridized carbons (Fsp3) is 0.647. The predicted octanol–water partition coefficient (Wildman–Crippen LogP) is 3.36. The van der Waals surface area contributed by atoms with Gasteiger partial charge in [-0.2, -0.15) is 0 Å². The summed E-state index contributed by atoms with van der Waals surface area (Å²) in [4.78, 5) is 2.47. The molecule has 1 aromatic carbocycles. The molecule has 1 heterocycles. The smallest absolute Gasteiger partial charge is 0.129 e. The molecule has 0 amide bonds. The van der Waals surface area contributed by atoms with Crippen molar-refractivity contribution in [3.8, 4) is 0 Å². The third-order valence-electron chi connectivity index (χ3n) is 4.66. The van der Waals surface area contributed by atoms with E-state index in [1.165, 1.54) is 18.9 Å². The topological polar surface area (TPSA) is 15.3 Å². The van der Waals surface area contributed by atoms with E-state index < -0.39 is 11.6 Å².